The van der Waals surface area contributed by atoms with Crippen LogP contribution in [0.25, 0.3) is 16.7 Å². The molecule has 0 aliphatic heterocycles. The first-order valence-corrected chi connectivity index (χ1v) is 10.5. The Labute approximate surface area is 184 Å². The minimum atomic E-state index is -1.11. The van der Waals surface area contributed by atoms with Crippen molar-refractivity contribution < 1.29 is 18.3 Å². The van der Waals surface area contributed by atoms with Crippen molar-refractivity contribution in [2.45, 2.75) is 12.1 Å². The predicted octanol–water partition coefficient (Wildman–Crippen LogP) is 3.52. The molecule has 0 unspecified atom stereocenters. The molecule has 32 heavy (non-hydrogen) atoms. The normalized spacial score (nSPS) is 11.0. The number of thioether (sulfide) groups is 1. The molecule has 0 spiro atoms. The van der Waals surface area contributed by atoms with Crippen LogP contribution in [-0.4, -0.2) is 38.0 Å². The van der Waals surface area contributed by atoms with Crippen LogP contribution in [0, 0.1) is 11.6 Å². The number of hydrogen-bond acceptors (Lipinski definition) is 6. The predicted molar refractivity (Wildman–Crippen MR) is 116 cm³/mol. The Bertz CT molecular complexity index is 1360. The molecule has 0 atom stereocenters. The van der Waals surface area contributed by atoms with Gasteiger partial charge < -0.3 is 10.1 Å². The summed E-state index contributed by atoms with van der Waals surface area (Å²) >= 11 is 0.966. The number of anilines is 1. The third-order valence-corrected chi connectivity index (χ3v) is 5.34. The van der Waals surface area contributed by atoms with Gasteiger partial charge in [0.1, 0.15) is 11.1 Å². The first-order chi connectivity index (χ1) is 15.5. The van der Waals surface area contributed by atoms with Gasteiger partial charge in [0.2, 0.25) is 5.91 Å². The summed E-state index contributed by atoms with van der Waals surface area (Å²) in [5.74, 6) is -2.08. The van der Waals surface area contributed by atoms with E-state index in [1.165, 1.54) is 12.3 Å². The zero-order valence-electron chi connectivity index (χ0n) is 16.8. The molecule has 8 nitrogen and oxygen atoms in total. The molecule has 2 heterocycles. The smallest absolute Gasteiger partial charge is 0.269 e. The van der Waals surface area contributed by atoms with Crippen LogP contribution in [0.3, 0.4) is 0 Å². The van der Waals surface area contributed by atoms with Crippen molar-refractivity contribution in [1.82, 2.24) is 19.7 Å². The maximum atomic E-state index is 13.8. The molecule has 2 N–H and O–H groups in total. The third-order valence-electron chi connectivity index (χ3n) is 4.41. The number of nitrogens with zero attached hydrogens (tertiary/aromatic N) is 3. The number of aromatic amines is 1. The summed E-state index contributed by atoms with van der Waals surface area (Å²) in [6.07, 6.45) is 1.30. The standard InChI is InChI=1S/C21H17F2N5O3S/c1-2-31-17-6-4-3-5-16(17)25-18(29)11-32-21-26-19-13(10-24-27-19)20(30)28(21)12-7-8-14(22)15(23)9-12/h3-10H,2,11H2,1H3,(H,24,27)(H,25,29). The highest BCUT2D eigenvalue weighted by Gasteiger charge is 2.17. The van der Waals surface area contributed by atoms with E-state index in [4.69, 9.17) is 4.74 Å². The number of carbonyl (C=O) groups is 1. The van der Waals surface area contributed by atoms with Crippen molar-refractivity contribution in [3.63, 3.8) is 0 Å². The highest BCUT2D eigenvalue weighted by molar-refractivity contribution is 7.99. The molecular formula is C21H17F2N5O3S. The second kappa shape index (κ2) is 9.18. The zero-order valence-corrected chi connectivity index (χ0v) is 17.6. The molecule has 0 fully saturated rings. The van der Waals surface area contributed by atoms with Gasteiger partial charge in [-0.15, -0.1) is 0 Å². The fraction of sp³-hybridized carbons (Fsp3) is 0.143. The Balaban J connectivity index is 1.63. The quantitative estimate of drug-likeness (QED) is 0.325. The minimum absolute atomic E-state index is 0.0779. The molecule has 0 saturated heterocycles. The van der Waals surface area contributed by atoms with E-state index in [-0.39, 0.29) is 33.5 Å². The number of hydrogen-bond donors (Lipinski definition) is 2. The molecule has 4 aromatic rings. The summed E-state index contributed by atoms with van der Waals surface area (Å²) in [7, 11) is 0. The minimum Gasteiger partial charge on any atom is -0.492 e. The monoisotopic (exact) mass is 457 g/mol. The second-order valence-electron chi connectivity index (χ2n) is 6.53. The van der Waals surface area contributed by atoms with Gasteiger partial charge in [0.15, 0.2) is 22.4 Å². The number of rotatable bonds is 7. The number of amides is 1. The van der Waals surface area contributed by atoms with Crippen LogP contribution >= 0.6 is 11.8 Å². The van der Waals surface area contributed by atoms with Gasteiger partial charge >= 0.3 is 0 Å². The molecule has 0 bridgehead atoms. The summed E-state index contributed by atoms with van der Waals surface area (Å²) in [5.41, 5.74) is 0.279. The van der Waals surface area contributed by atoms with Crippen LogP contribution in [0.5, 0.6) is 5.75 Å². The van der Waals surface area contributed by atoms with Crippen molar-refractivity contribution in [2.75, 3.05) is 17.7 Å². The Morgan fingerprint density at radius 2 is 2.03 bits per heavy atom. The number of nitrogens with one attached hydrogen (secondary N) is 2. The Morgan fingerprint density at radius 1 is 1.22 bits per heavy atom. The zero-order chi connectivity index (χ0) is 22.7. The van der Waals surface area contributed by atoms with E-state index in [1.54, 1.807) is 24.3 Å². The average Bonchev–Trinajstić information content (AvgIpc) is 3.25. The van der Waals surface area contributed by atoms with Gasteiger partial charge in [0, 0.05) is 6.07 Å². The highest BCUT2D eigenvalue weighted by Crippen LogP contribution is 2.25. The molecule has 0 radical (unpaired) electrons. The molecule has 0 saturated carbocycles. The van der Waals surface area contributed by atoms with Crippen LogP contribution in [0.2, 0.25) is 0 Å². The van der Waals surface area contributed by atoms with Gasteiger partial charge in [0.05, 0.1) is 29.9 Å². The lowest BCUT2D eigenvalue weighted by atomic mass is 10.3. The fourth-order valence-electron chi connectivity index (χ4n) is 2.99. The van der Waals surface area contributed by atoms with Gasteiger partial charge in [-0.1, -0.05) is 23.9 Å². The summed E-state index contributed by atoms with van der Waals surface area (Å²) < 4.78 is 33.8. The second-order valence-corrected chi connectivity index (χ2v) is 7.47. The Morgan fingerprint density at radius 3 is 2.81 bits per heavy atom. The third kappa shape index (κ3) is 4.33. The Hall–Kier alpha value is -3.73. The van der Waals surface area contributed by atoms with E-state index in [0.29, 0.717) is 18.0 Å². The summed E-state index contributed by atoms with van der Waals surface area (Å²) in [5, 5.41) is 9.47. The first kappa shape index (κ1) is 21.5. The van der Waals surface area contributed by atoms with Crippen molar-refractivity contribution in [3.05, 3.63) is 70.6 Å². The van der Waals surface area contributed by atoms with Crippen LogP contribution in [0.15, 0.2) is 58.6 Å². The van der Waals surface area contributed by atoms with Gasteiger partial charge in [-0.05, 0) is 31.2 Å². The number of carbonyl (C=O) groups excluding carboxylic acids is 1. The largest absolute Gasteiger partial charge is 0.492 e. The van der Waals surface area contributed by atoms with E-state index >= 15 is 0 Å². The van der Waals surface area contributed by atoms with E-state index < -0.39 is 17.2 Å². The maximum Gasteiger partial charge on any atom is 0.269 e. The maximum absolute atomic E-state index is 13.8. The van der Waals surface area contributed by atoms with E-state index in [9.17, 15) is 18.4 Å². The molecule has 11 heteroatoms. The molecule has 2 aromatic heterocycles. The number of H-pyrrole nitrogens is 1. The van der Waals surface area contributed by atoms with Crippen molar-refractivity contribution in [1.29, 1.82) is 0 Å². The lowest BCUT2D eigenvalue weighted by Crippen LogP contribution is -2.23. The number of halogens is 2. The molecule has 2 aromatic carbocycles. The van der Waals surface area contributed by atoms with Crippen LogP contribution in [0.1, 0.15) is 6.92 Å². The fourth-order valence-corrected chi connectivity index (χ4v) is 3.80. The summed E-state index contributed by atoms with van der Waals surface area (Å²) in [6, 6.07) is 10.1. The first-order valence-electron chi connectivity index (χ1n) is 9.54. The van der Waals surface area contributed by atoms with Crippen molar-refractivity contribution in [2.24, 2.45) is 0 Å². The van der Waals surface area contributed by atoms with E-state index in [0.717, 1.165) is 28.5 Å². The summed E-state index contributed by atoms with van der Waals surface area (Å²) in [6.45, 7) is 2.28. The van der Waals surface area contributed by atoms with Crippen molar-refractivity contribution in [3.8, 4) is 11.4 Å². The number of para-hydroxylation sites is 2. The van der Waals surface area contributed by atoms with Crippen molar-refractivity contribution >= 4 is 34.4 Å². The molecule has 164 valence electrons. The number of fused-ring (bicyclic) bond motifs is 1. The number of ether oxygens (including phenoxy) is 1. The molecule has 0 aliphatic carbocycles. The molecule has 4 rings (SSSR count). The van der Waals surface area contributed by atoms with E-state index in [2.05, 4.69) is 20.5 Å². The Kier molecular flexibility index (Phi) is 6.17. The van der Waals surface area contributed by atoms with Crippen LogP contribution in [0.4, 0.5) is 14.5 Å². The average molecular weight is 457 g/mol. The molecular weight excluding hydrogens is 440 g/mol. The lowest BCUT2D eigenvalue weighted by Gasteiger charge is -2.13. The van der Waals surface area contributed by atoms with Crippen LogP contribution in [-0.2, 0) is 4.79 Å². The van der Waals surface area contributed by atoms with Gasteiger partial charge in [-0.2, -0.15) is 5.10 Å². The number of aromatic nitrogens is 4. The SMILES string of the molecule is CCOc1ccccc1NC(=O)CSc1nc2[nH]ncc2c(=O)n1-c1ccc(F)c(F)c1. The van der Waals surface area contributed by atoms with Gasteiger partial charge in [-0.3, -0.25) is 19.3 Å². The highest BCUT2D eigenvalue weighted by atomic mass is 32.2. The number of benzene rings is 2. The van der Waals surface area contributed by atoms with Gasteiger partial charge in [0.25, 0.3) is 5.56 Å². The topological polar surface area (TPSA) is 102 Å². The van der Waals surface area contributed by atoms with Gasteiger partial charge in [-0.25, -0.2) is 13.8 Å². The molecule has 1 amide bonds. The van der Waals surface area contributed by atoms with Crippen LogP contribution < -0.4 is 15.6 Å². The summed E-state index contributed by atoms with van der Waals surface area (Å²) in [4.78, 5) is 29.9. The molecule has 0 aliphatic rings. The lowest BCUT2D eigenvalue weighted by molar-refractivity contribution is -0.113. The van der Waals surface area contributed by atoms with E-state index in [1.807, 2.05) is 6.92 Å².